The van der Waals surface area contributed by atoms with E-state index in [1.54, 1.807) is 62.6 Å². The molecule has 0 saturated carbocycles. The van der Waals surface area contributed by atoms with E-state index in [1.807, 2.05) is 0 Å². The third kappa shape index (κ3) is 7.24. The van der Waals surface area contributed by atoms with Gasteiger partial charge in [0.1, 0.15) is 5.75 Å². The predicted molar refractivity (Wildman–Crippen MR) is 124 cm³/mol. The zero-order valence-corrected chi connectivity index (χ0v) is 19.4. The van der Waals surface area contributed by atoms with Gasteiger partial charge >= 0.3 is 0 Å². The van der Waals surface area contributed by atoms with Crippen LogP contribution in [-0.2, 0) is 19.6 Å². The molecule has 0 aliphatic carbocycles. The number of ether oxygens (including phenoxy) is 2. The highest BCUT2D eigenvalue weighted by Gasteiger charge is 2.19. The Labute approximate surface area is 188 Å². The van der Waals surface area contributed by atoms with Crippen LogP contribution < -0.4 is 19.7 Å². The van der Waals surface area contributed by atoms with Crippen molar-refractivity contribution in [3.63, 3.8) is 0 Å². The number of carbonyl (C=O) groups excluding carboxylic acids is 2. The number of nitrogens with one attached hydrogen (secondary N) is 2. The van der Waals surface area contributed by atoms with Crippen molar-refractivity contribution in [2.24, 2.45) is 0 Å². The molecule has 0 heterocycles. The highest BCUT2D eigenvalue weighted by atomic mass is 32.2. The Bertz CT molecular complexity index is 1020. The fourth-order valence-electron chi connectivity index (χ4n) is 2.72. The molecular formula is C22H29N3O6S. The molecule has 0 radical (unpaired) electrons. The summed E-state index contributed by atoms with van der Waals surface area (Å²) in [4.78, 5) is 25.1. The van der Waals surface area contributed by atoms with Crippen molar-refractivity contribution in [2.45, 2.75) is 19.4 Å². The standard InChI is InChI=1S/C22H29N3O6S/c1-16(31-18-12-10-17(11-13-18)25(2)32(4,28)29)21(26)24-20-9-6-5-8-19(20)22(27)23-14-7-15-30-3/h5-6,8-13,16H,7,14-15H2,1-4H3,(H,23,27)(H,24,26)/t16-/m0/s1. The molecule has 2 rings (SSSR count). The van der Waals surface area contributed by atoms with E-state index < -0.39 is 22.0 Å². The highest BCUT2D eigenvalue weighted by molar-refractivity contribution is 7.92. The number of amides is 2. The number of methoxy groups -OCH3 is 1. The van der Waals surface area contributed by atoms with Gasteiger partial charge in [-0.2, -0.15) is 0 Å². The Balaban J connectivity index is 2.00. The Morgan fingerprint density at radius 2 is 1.75 bits per heavy atom. The first-order valence-electron chi connectivity index (χ1n) is 10.0. The summed E-state index contributed by atoms with van der Waals surface area (Å²) in [6, 6.07) is 13.1. The van der Waals surface area contributed by atoms with Gasteiger partial charge in [-0.1, -0.05) is 12.1 Å². The number of para-hydroxylation sites is 1. The lowest BCUT2D eigenvalue weighted by Gasteiger charge is -2.19. The molecule has 9 nitrogen and oxygen atoms in total. The van der Waals surface area contributed by atoms with Gasteiger partial charge in [0.2, 0.25) is 10.0 Å². The van der Waals surface area contributed by atoms with Crippen molar-refractivity contribution >= 4 is 33.2 Å². The molecule has 0 aliphatic heterocycles. The number of hydrogen-bond donors (Lipinski definition) is 2. The van der Waals surface area contributed by atoms with Gasteiger partial charge in [0.15, 0.2) is 6.10 Å². The molecule has 0 unspecified atom stereocenters. The molecule has 2 aromatic carbocycles. The van der Waals surface area contributed by atoms with Gasteiger partial charge in [0, 0.05) is 27.3 Å². The van der Waals surface area contributed by atoms with Crippen LogP contribution in [0.1, 0.15) is 23.7 Å². The summed E-state index contributed by atoms with van der Waals surface area (Å²) in [5.74, 6) is -0.319. The van der Waals surface area contributed by atoms with Gasteiger partial charge in [-0.25, -0.2) is 8.42 Å². The van der Waals surface area contributed by atoms with Crippen LogP contribution in [-0.4, -0.2) is 59.9 Å². The second-order valence-electron chi connectivity index (χ2n) is 7.12. The predicted octanol–water partition coefficient (Wildman–Crippen LogP) is 2.25. The maximum Gasteiger partial charge on any atom is 0.265 e. The number of rotatable bonds is 11. The van der Waals surface area contributed by atoms with Gasteiger partial charge < -0.3 is 20.1 Å². The van der Waals surface area contributed by atoms with Crippen LogP contribution >= 0.6 is 0 Å². The lowest BCUT2D eigenvalue weighted by molar-refractivity contribution is -0.122. The molecule has 2 amide bonds. The van der Waals surface area contributed by atoms with Gasteiger partial charge in [0.05, 0.1) is 23.2 Å². The normalized spacial score (nSPS) is 12.0. The maximum atomic E-state index is 12.6. The van der Waals surface area contributed by atoms with E-state index >= 15 is 0 Å². The van der Waals surface area contributed by atoms with Gasteiger partial charge in [-0.15, -0.1) is 0 Å². The number of sulfonamides is 1. The van der Waals surface area contributed by atoms with E-state index in [1.165, 1.54) is 7.05 Å². The topological polar surface area (TPSA) is 114 Å². The second-order valence-corrected chi connectivity index (χ2v) is 9.14. The number of hydrogen-bond acceptors (Lipinski definition) is 6. The Morgan fingerprint density at radius 3 is 2.38 bits per heavy atom. The first-order valence-corrected chi connectivity index (χ1v) is 11.9. The number of anilines is 2. The fourth-order valence-corrected chi connectivity index (χ4v) is 3.23. The van der Waals surface area contributed by atoms with Gasteiger partial charge in [-0.3, -0.25) is 13.9 Å². The van der Waals surface area contributed by atoms with Crippen molar-refractivity contribution in [1.82, 2.24) is 5.32 Å². The average Bonchev–Trinajstić information content (AvgIpc) is 2.76. The molecular weight excluding hydrogens is 434 g/mol. The number of carbonyl (C=O) groups is 2. The zero-order valence-electron chi connectivity index (χ0n) is 18.6. The average molecular weight is 464 g/mol. The zero-order chi connectivity index (χ0) is 23.7. The van der Waals surface area contributed by atoms with Crippen LogP contribution in [0.3, 0.4) is 0 Å². The third-order valence-electron chi connectivity index (χ3n) is 4.62. The Morgan fingerprint density at radius 1 is 1.09 bits per heavy atom. The van der Waals surface area contributed by atoms with Crippen molar-refractivity contribution in [1.29, 1.82) is 0 Å². The highest BCUT2D eigenvalue weighted by Crippen LogP contribution is 2.22. The molecule has 2 N–H and O–H groups in total. The molecule has 0 spiro atoms. The molecule has 0 aliphatic rings. The van der Waals surface area contributed by atoms with E-state index in [9.17, 15) is 18.0 Å². The summed E-state index contributed by atoms with van der Waals surface area (Å²) >= 11 is 0. The SMILES string of the molecule is COCCCNC(=O)c1ccccc1NC(=O)[C@H](C)Oc1ccc(N(C)S(C)(=O)=O)cc1. The molecule has 32 heavy (non-hydrogen) atoms. The molecule has 10 heteroatoms. The summed E-state index contributed by atoms with van der Waals surface area (Å²) in [7, 11) is -0.324. The summed E-state index contributed by atoms with van der Waals surface area (Å²) < 4.78 is 35.0. The first kappa shape index (κ1) is 25.2. The molecule has 0 aromatic heterocycles. The van der Waals surface area contributed by atoms with Gasteiger partial charge in [-0.05, 0) is 49.7 Å². The third-order valence-corrected chi connectivity index (χ3v) is 5.83. The van der Waals surface area contributed by atoms with Crippen LogP contribution in [0.25, 0.3) is 0 Å². The summed E-state index contributed by atoms with van der Waals surface area (Å²) in [5.41, 5.74) is 1.20. The van der Waals surface area contributed by atoms with Crippen molar-refractivity contribution < 1.29 is 27.5 Å². The molecule has 174 valence electrons. The molecule has 0 bridgehead atoms. The summed E-state index contributed by atoms with van der Waals surface area (Å²) in [5, 5.41) is 5.52. The second kappa shape index (κ2) is 11.5. The van der Waals surface area contributed by atoms with Crippen molar-refractivity contribution in [3.8, 4) is 5.75 Å². The Hall–Kier alpha value is -3.11. The minimum absolute atomic E-state index is 0.295. The van der Waals surface area contributed by atoms with Crippen LogP contribution in [0.5, 0.6) is 5.75 Å². The van der Waals surface area contributed by atoms with Crippen LogP contribution in [0.2, 0.25) is 0 Å². The lowest BCUT2D eigenvalue weighted by Crippen LogP contribution is -2.32. The number of nitrogens with zero attached hydrogens (tertiary/aromatic N) is 1. The van der Waals surface area contributed by atoms with E-state index in [0.717, 1.165) is 10.6 Å². The number of benzene rings is 2. The Kier molecular flexibility index (Phi) is 9.03. The van der Waals surface area contributed by atoms with E-state index in [2.05, 4.69) is 10.6 Å². The first-order chi connectivity index (χ1) is 15.1. The van der Waals surface area contributed by atoms with Crippen LogP contribution in [0, 0.1) is 0 Å². The van der Waals surface area contributed by atoms with E-state index in [-0.39, 0.29) is 5.91 Å². The van der Waals surface area contributed by atoms with Gasteiger partial charge in [0.25, 0.3) is 11.8 Å². The van der Waals surface area contributed by atoms with E-state index in [4.69, 9.17) is 9.47 Å². The summed E-state index contributed by atoms with van der Waals surface area (Å²) in [6.07, 6.45) is 0.938. The summed E-state index contributed by atoms with van der Waals surface area (Å²) in [6.45, 7) is 2.58. The minimum atomic E-state index is -3.37. The quantitative estimate of drug-likeness (QED) is 0.494. The monoisotopic (exact) mass is 463 g/mol. The molecule has 1 atom stereocenters. The largest absolute Gasteiger partial charge is 0.481 e. The fraction of sp³-hybridized carbons (Fsp3) is 0.364. The van der Waals surface area contributed by atoms with Crippen molar-refractivity contribution in [3.05, 3.63) is 54.1 Å². The maximum absolute atomic E-state index is 12.6. The molecule has 2 aromatic rings. The van der Waals surface area contributed by atoms with Crippen LogP contribution in [0.15, 0.2) is 48.5 Å². The van der Waals surface area contributed by atoms with Crippen molar-refractivity contribution in [2.75, 3.05) is 43.2 Å². The molecule has 0 fully saturated rings. The lowest BCUT2D eigenvalue weighted by atomic mass is 10.1. The van der Waals surface area contributed by atoms with Crippen LogP contribution in [0.4, 0.5) is 11.4 Å². The van der Waals surface area contributed by atoms with E-state index in [0.29, 0.717) is 42.3 Å². The minimum Gasteiger partial charge on any atom is -0.481 e. The smallest absolute Gasteiger partial charge is 0.265 e. The molecule has 0 saturated heterocycles.